The summed E-state index contributed by atoms with van der Waals surface area (Å²) in [6, 6.07) is 1.59. The zero-order valence-electron chi connectivity index (χ0n) is 14.3. The monoisotopic (exact) mass is 280 g/mol. The molecule has 1 aliphatic carbocycles. The van der Waals surface area contributed by atoms with Crippen LogP contribution in [0.25, 0.3) is 0 Å². The van der Waals surface area contributed by atoms with E-state index in [1.165, 1.54) is 58.0 Å². The minimum atomic E-state index is 0.483. The summed E-state index contributed by atoms with van der Waals surface area (Å²) in [5.41, 5.74) is 0.483. The summed E-state index contributed by atoms with van der Waals surface area (Å²) in [5.74, 6) is 0.863. The number of hydrogen-bond donors (Lipinski definition) is 1. The van der Waals surface area contributed by atoms with Gasteiger partial charge in [-0.15, -0.1) is 0 Å². The number of piperidine rings is 1. The minimum Gasteiger partial charge on any atom is -0.313 e. The Balaban J connectivity index is 1.96. The molecule has 0 bridgehead atoms. The van der Waals surface area contributed by atoms with Crippen LogP contribution in [-0.2, 0) is 0 Å². The number of hydrogen-bond acceptors (Lipinski definition) is 2. The van der Waals surface area contributed by atoms with E-state index in [4.69, 9.17) is 0 Å². The van der Waals surface area contributed by atoms with Crippen LogP contribution in [0.3, 0.4) is 0 Å². The molecule has 1 saturated heterocycles. The van der Waals surface area contributed by atoms with Gasteiger partial charge >= 0.3 is 0 Å². The molecule has 1 saturated carbocycles. The zero-order chi connectivity index (χ0) is 14.6. The highest BCUT2D eigenvalue weighted by molar-refractivity contribution is 4.97. The third-order valence-corrected chi connectivity index (χ3v) is 5.74. The Kier molecular flexibility index (Phi) is 5.92. The van der Waals surface area contributed by atoms with Gasteiger partial charge in [0, 0.05) is 18.6 Å². The molecule has 1 aliphatic heterocycles. The average molecular weight is 281 g/mol. The molecular weight excluding hydrogens is 244 g/mol. The summed E-state index contributed by atoms with van der Waals surface area (Å²) < 4.78 is 0. The molecule has 3 atom stereocenters. The van der Waals surface area contributed by atoms with Gasteiger partial charge < -0.3 is 10.2 Å². The van der Waals surface area contributed by atoms with E-state index in [1.54, 1.807) is 0 Å². The Labute approximate surface area is 126 Å². The second kappa shape index (κ2) is 7.26. The number of nitrogens with one attached hydrogen (secondary N) is 1. The highest BCUT2D eigenvalue weighted by Crippen LogP contribution is 2.42. The summed E-state index contributed by atoms with van der Waals surface area (Å²) >= 11 is 0. The molecular formula is C18H36N2. The van der Waals surface area contributed by atoms with E-state index < -0.39 is 0 Å². The van der Waals surface area contributed by atoms with E-state index in [9.17, 15) is 0 Å². The van der Waals surface area contributed by atoms with Gasteiger partial charge in [0.2, 0.25) is 0 Å². The third-order valence-electron chi connectivity index (χ3n) is 5.74. The Morgan fingerprint density at radius 2 is 1.95 bits per heavy atom. The van der Waals surface area contributed by atoms with Gasteiger partial charge in [0.15, 0.2) is 0 Å². The maximum atomic E-state index is 3.79. The molecule has 0 radical (unpaired) electrons. The molecule has 1 heterocycles. The molecule has 1 N–H and O–H groups in total. The van der Waals surface area contributed by atoms with Crippen molar-refractivity contribution in [2.75, 3.05) is 19.6 Å². The molecule has 3 unspecified atom stereocenters. The molecule has 0 amide bonds. The van der Waals surface area contributed by atoms with Crippen LogP contribution in [0, 0.1) is 11.3 Å². The van der Waals surface area contributed by atoms with Gasteiger partial charge in [0.1, 0.15) is 0 Å². The van der Waals surface area contributed by atoms with Crippen molar-refractivity contribution >= 4 is 0 Å². The normalized spacial score (nSPS) is 34.5. The Morgan fingerprint density at radius 1 is 1.15 bits per heavy atom. The summed E-state index contributed by atoms with van der Waals surface area (Å²) in [5, 5.41) is 3.79. The molecule has 2 heteroatoms. The van der Waals surface area contributed by atoms with Crippen molar-refractivity contribution in [1.29, 1.82) is 0 Å². The quantitative estimate of drug-likeness (QED) is 0.789. The van der Waals surface area contributed by atoms with Crippen molar-refractivity contribution in [3.63, 3.8) is 0 Å². The van der Waals surface area contributed by atoms with Crippen LogP contribution < -0.4 is 5.32 Å². The average Bonchev–Trinajstić information content (AvgIpc) is 2.69. The minimum absolute atomic E-state index is 0.483. The van der Waals surface area contributed by atoms with Crippen molar-refractivity contribution in [3.8, 4) is 0 Å². The second-order valence-corrected chi connectivity index (χ2v) is 7.76. The van der Waals surface area contributed by atoms with E-state index in [0.717, 1.165) is 24.5 Å². The van der Waals surface area contributed by atoms with E-state index in [2.05, 4.69) is 37.9 Å². The topological polar surface area (TPSA) is 15.3 Å². The summed E-state index contributed by atoms with van der Waals surface area (Å²) in [6.07, 6.45) is 9.86. The predicted molar refractivity (Wildman–Crippen MR) is 88.1 cm³/mol. The van der Waals surface area contributed by atoms with Crippen LogP contribution in [0.5, 0.6) is 0 Å². The highest BCUT2D eigenvalue weighted by atomic mass is 15.2. The maximum absolute atomic E-state index is 3.79. The molecule has 20 heavy (non-hydrogen) atoms. The largest absolute Gasteiger partial charge is 0.313 e. The summed E-state index contributed by atoms with van der Waals surface area (Å²) in [6.45, 7) is 13.3. The Morgan fingerprint density at radius 3 is 2.65 bits per heavy atom. The fourth-order valence-corrected chi connectivity index (χ4v) is 4.64. The van der Waals surface area contributed by atoms with Crippen molar-refractivity contribution in [2.45, 2.75) is 84.7 Å². The van der Waals surface area contributed by atoms with Gasteiger partial charge in [0.25, 0.3) is 0 Å². The maximum Gasteiger partial charge on any atom is 0.0159 e. The summed E-state index contributed by atoms with van der Waals surface area (Å²) in [4.78, 5) is 2.84. The Bertz CT molecular complexity index is 285. The zero-order valence-corrected chi connectivity index (χ0v) is 14.3. The van der Waals surface area contributed by atoms with Crippen LogP contribution >= 0.6 is 0 Å². The van der Waals surface area contributed by atoms with Crippen molar-refractivity contribution < 1.29 is 0 Å². The van der Waals surface area contributed by atoms with Gasteiger partial charge in [-0.3, -0.25) is 0 Å². The van der Waals surface area contributed by atoms with Crippen LogP contribution in [0.2, 0.25) is 0 Å². The van der Waals surface area contributed by atoms with Gasteiger partial charge in [-0.25, -0.2) is 0 Å². The van der Waals surface area contributed by atoms with Gasteiger partial charge in [-0.05, 0) is 56.5 Å². The van der Waals surface area contributed by atoms with Crippen molar-refractivity contribution in [3.05, 3.63) is 0 Å². The number of likely N-dealkylation sites (tertiary alicyclic amines) is 1. The smallest absolute Gasteiger partial charge is 0.0159 e. The molecule has 0 spiro atoms. The van der Waals surface area contributed by atoms with Crippen LogP contribution in [-0.4, -0.2) is 36.6 Å². The van der Waals surface area contributed by atoms with Gasteiger partial charge in [-0.2, -0.15) is 0 Å². The second-order valence-electron chi connectivity index (χ2n) is 7.76. The van der Waals surface area contributed by atoms with Crippen LogP contribution in [0.15, 0.2) is 0 Å². The van der Waals surface area contributed by atoms with Crippen molar-refractivity contribution in [1.82, 2.24) is 10.2 Å². The van der Waals surface area contributed by atoms with Gasteiger partial charge in [-0.1, -0.05) is 40.5 Å². The first kappa shape index (κ1) is 16.3. The van der Waals surface area contributed by atoms with E-state index in [0.29, 0.717) is 5.41 Å². The number of nitrogens with zero attached hydrogens (tertiary/aromatic N) is 1. The molecule has 2 nitrogen and oxygen atoms in total. The molecule has 2 aliphatic rings. The molecule has 0 aromatic rings. The molecule has 0 aromatic carbocycles. The van der Waals surface area contributed by atoms with E-state index in [1.807, 2.05) is 0 Å². The third kappa shape index (κ3) is 3.76. The lowest BCUT2D eigenvalue weighted by atomic mass is 9.84. The number of rotatable bonds is 6. The van der Waals surface area contributed by atoms with E-state index >= 15 is 0 Å². The van der Waals surface area contributed by atoms with Gasteiger partial charge in [0.05, 0.1) is 0 Å². The summed E-state index contributed by atoms with van der Waals surface area (Å²) in [7, 11) is 0. The fourth-order valence-electron chi connectivity index (χ4n) is 4.64. The van der Waals surface area contributed by atoms with E-state index in [-0.39, 0.29) is 0 Å². The lowest BCUT2D eigenvalue weighted by Gasteiger charge is -2.40. The first-order chi connectivity index (χ1) is 9.58. The highest BCUT2D eigenvalue weighted by Gasteiger charge is 2.42. The van der Waals surface area contributed by atoms with Crippen LogP contribution in [0.1, 0.15) is 72.6 Å². The lowest BCUT2D eigenvalue weighted by Crippen LogP contribution is -2.48. The standard InChI is InChI=1S/C18H36N2/c1-5-9-16-10-7-8-13-20(16)14-15-11-12-18(3,4)17(15)19-6-2/h15-17,19H,5-14H2,1-4H3. The lowest BCUT2D eigenvalue weighted by molar-refractivity contribution is 0.104. The molecule has 2 rings (SSSR count). The van der Waals surface area contributed by atoms with Crippen LogP contribution in [0.4, 0.5) is 0 Å². The molecule has 118 valence electrons. The fraction of sp³-hybridized carbons (Fsp3) is 1.00. The van der Waals surface area contributed by atoms with Crippen molar-refractivity contribution in [2.24, 2.45) is 11.3 Å². The predicted octanol–water partition coefficient (Wildman–Crippen LogP) is 4.06. The Hall–Kier alpha value is -0.0800. The SMILES string of the molecule is CCCC1CCCCN1CC1CCC(C)(C)C1NCC. The molecule has 2 fully saturated rings. The molecule has 0 aromatic heterocycles. The first-order valence-corrected chi connectivity index (χ1v) is 9.06. The first-order valence-electron chi connectivity index (χ1n) is 9.06.